The number of fused-ring (bicyclic) bond motifs is 1. The SMILES string of the molecule is C=S(C)(=O)Nc1nn(C)c2c(-c3ccc(C#CC(C)(C)S(=O)(=O)C4CC4)nc3[C@H](Cc3cc(F)cc(F)c3)NC(=O)Cn3nc(C(F)(F)F)cc3C3CC3)ccc(Cl)c12. The monoisotopic (exact) mass is 875 g/mol. The number of amides is 1. The smallest absolute Gasteiger partial charge is 0.346 e. The van der Waals surface area contributed by atoms with E-state index in [0.717, 1.165) is 22.9 Å². The van der Waals surface area contributed by atoms with Gasteiger partial charge in [-0.05, 0) is 99.7 Å². The van der Waals surface area contributed by atoms with Crippen molar-refractivity contribution in [1.82, 2.24) is 29.9 Å². The summed E-state index contributed by atoms with van der Waals surface area (Å²) >= 11 is 6.69. The summed E-state index contributed by atoms with van der Waals surface area (Å²) in [6.07, 6.45) is -1.31. The number of aromatic nitrogens is 5. The van der Waals surface area contributed by atoms with E-state index in [-0.39, 0.29) is 45.8 Å². The summed E-state index contributed by atoms with van der Waals surface area (Å²) in [4.78, 5) is 18.8. The molecule has 59 heavy (non-hydrogen) atoms. The zero-order valence-corrected chi connectivity index (χ0v) is 34.6. The number of aryl methyl sites for hydroxylation is 1. The molecule has 0 bridgehead atoms. The molecule has 0 spiro atoms. The number of hydrogen-bond acceptors (Lipinski definition) is 7. The molecule has 0 radical (unpaired) electrons. The van der Waals surface area contributed by atoms with Crippen LogP contribution in [-0.2, 0) is 50.5 Å². The molecule has 2 atom stereocenters. The molecule has 0 aliphatic heterocycles. The Morgan fingerprint density at radius 1 is 1.00 bits per heavy atom. The Labute approximate surface area is 342 Å². The maximum atomic E-state index is 14.6. The van der Waals surface area contributed by atoms with Crippen LogP contribution in [0.1, 0.15) is 79.8 Å². The van der Waals surface area contributed by atoms with Gasteiger partial charge < -0.3 is 5.32 Å². The minimum atomic E-state index is -4.76. The Hall–Kier alpha value is -4.99. The molecule has 2 N–H and O–H groups in total. The molecule has 312 valence electrons. The molecule has 5 aromatic rings. The van der Waals surface area contributed by atoms with Crippen LogP contribution in [0.5, 0.6) is 0 Å². The molecule has 2 aliphatic carbocycles. The lowest BCUT2D eigenvalue weighted by molar-refractivity contribution is -0.141. The standard InChI is InChI=1S/C40H39ClF5N7O4S2/c1-39(2,59(56,57)27-9-10-27)15-14-26-8-11-28(29-12-13-30(41)35-37(29)52(3)50-38(35)51-58(4,5)55)36(47-26)31(18-22-16-24(42)19-25(43)17-22)48-34(54)21-53-32(23-6-7-23)20-33(49-53)40(44,45)46/h8,11-13,16-17,19-20,23,27,31H,4,6-7,9-10,18,21H2,1-3,5H3,(H,48,54)(H,50,51,55)/t31-,58?/m0/s1. The summed E-state index contributed by atoms with van der Waals surface area (Å²) in [5.74, 6) is 6.76. The molecule has 1 amide bonds. The van der Waals surface area contributed by atoms with Crippen LogP contribution >= 0.6 is 11.6 Å². The van der Waals surface area contributed by atoms with Crippen LogP contribution in [0.3, 0.4) is 0 Å². The minimum absolute atomic E-state index is 0.0887. The van der Waals surface area contributed by atoms with Crippen LogP contribution in [0.25, 0.3) is 22.0 Å². The van der Waals surface area contributed by atoms with Crippen LogP contribution < -0.4 is 10.0 Å². The molecule has 2 saturated carbocycles. The third-order valence-corrected chi connectivity index (χ3v) is 13.9. The lowest BCUT2D eigenvalue weighted by Gasteiger charge is -2.23. The highest BCUT2D eigenvalue weighted by Gasteiger charge is 2.45. The number of carbonyl (C=O) groups is 1. The van der Waals surface area contributed by atoms with Crippen LogP contribution in [0.4, 0.5) is 27.8 Å². The first kappa shape index (κ1) is 42.1. The van der Waals surface area contributed by atoms with Crippen molar-refractivity contribution in [2.75, 3.05) is 11.0 Å². The van der Waals surface area contributed by atoms with Crippen LogP contribution in [-0.4, -0.2) is 65.2 Å². The molecule has 2 fully saturated rings. The number of halogens is 6. The number of anilines is 1. The highest BCUT2D eigenvalue weighted by molar-refractivity contribution is 8.00. The normalized spacial score (nSPS) is 16.3. The molecule has 11 nitrogen and oxygen atoms in total. The summed E-state index contributed by atoms with van der Waals surface area (Å²) in [6.45, 7) is 2.37. The fourth-order valence-corrected chi connectivity index (χ4v) is 9.53. The zero-order chi connectivity index (χ0) is 42.8. The molecule has 2 aromatic carbocycles. The van der Waals surface area contributed by atoms with Crippen molar-refractivity contribution in [3.63, 3.8) is 0 Å². The molecule has 3 heterocycles. The van der Waals surface area contributed by atoms with Gasteiger partial charge in [0, 0.05) is 51.8 Å². The van der Waals surface area contributed by atoms with E-state index < -0.39 is 71.5 Å². The number of pyridine rings is 1. The number of benzene rings is 2. The Bertz CT molecular complexity index is 2780. The van der Waals surface area contributed by atoms with Crippen LogP contribution in [0.2, 0.25) is 5.02 Å². The summed E-state index contributed by atoms with van der Waals surface area (Å²) < 4.78 is 114. The van der Waals surface area contributed by atoms with Gasteiger partial charge in [0.05, 0.1) is 32.9 Å². The third kappa shape index (κ3) is 9.12. The van der Waals surface area contributed by atoms with Gasteiger partial charge >= 0.3 is 6.18 Å². The lowest BCUT2D eigenvalue weighted by Crippen LogP contribution is -2.34. The Morgan fingerprint density at radius 2 is 1.66 bits per heavy atom. The fraction of sp³-hybridized carbons (Fsp3) is 0.375. The van der Waals surface area contributed by atoms with Crippen molar-refractivity contribution in [3.05, 3.63) is 93.5 Å². The summed E-state index contributed by atoms with van der Waals surface area (Å²) in [5, 5.41) is 11.1. The molecule has 7 rings (SSSR count). The van der Waals surface area contributed by atoms with Gasteiger partial charge in [-0.2, -0.15) is 23.4 Å². The van der Waals surface area contributed by atoms with Crippen molar-refractivity contribution < 1.29 is 39.4 Å². The van der Waals surface area contributed by atoms with Gasteiger partial charge in [0.2, 0.25) is 5.91 Å². The van der Waals surface area contributed by atoms with E-state index in [0.29, 0.717) is 53.8 Å². The van der Waals surface area contributed by atoms with Gasteiger partial charge in [-0.25, -0.2) is 26.4 Å². The predicted molar refractivity (Wildman–Crippen MR) is 217 cm³/mol. The van der Waals surface area contributed by atoms with Crippen LogP contribution in [0.15, 0.2) is 48.5 Å². The largest absolute Gasteiger partial charge is 0.435 e. The van der Waals surface area contributed by atoms with Gasteiger partial charge in [0.1, 0.15) is 28.6 Å². The van der Waals surface area contributed by atoms with Crippen molar-refractivity contribution in [1.29, 1.82) is 0 Å². The van der Waals surface area contributed by atoms with Gasteiger partial charge in [-0.15, -0.1) is 0 Å². The molecule has 19 heteroatoms. The molecular weight excluding hydrogens is 837 g/mol. The van der Waals surface area contributed by atoms with Crippen molar-refractivity contribution in [3.8, 4) is 23.0 Å². The molecule has 2 aliphatic rings. The number of nitrogens with one attached hydrogen (secondary N) is 2. The third-order valence-electron chi connectivity index (χ3n) is 10.0. The lowest BCUT2D eigenvalue weighted by atomic mass is 9.93. The molecule has 0 saturated heterocycles. The second-order valence-corrected chi connectivity index (χ2v) is 20.9. The van der Waals surface area contributed by atoms with E-state index in [2.05, 4.69) is 37.9 Å². The van der Waals surface area contributed by atoms with E-state index in [9.17, 15) is 39.4 Å². The molecular formula is C40H39ClF5N7O4S2. The number of alkyl halides is 3. The topological polar surface area (TPSA) is 141 Å². The average Bonchev–Trinajstić information content (AvgIpc) is 4.06. The Kier molecular flexibility index (Phi) is 10.9. The van der Waals surface area contributed by atoms with E-state index in [1.54, 1.807) is 31.3 Å². The first-order valence-electron chi connectivity index (χ1n) is 18.4. The Morgan fingerprint density at radius 3 is 2.27 bits per heavy atom. The van der Waals surface area contributed by atoms with Gasteiger partial charge in [-0.3, -0.25) is 18.9 Å². The minimum Gasteiger partial charge on any atom is -0.346 e. The second-order valence-electron chi connectivity index (χ2n) is 15.5. The van der Waals surface area contributed by atoms with Gasteiger partial charge in [0.15, 0.2) is 21.3 Å². The number of sulfone groups is 1. The highest BCUT2D eigenvalue weighted by atomic mass is 35.5. The van der Waals surface area contributed by atoms with Crippen molar-refractivity contribution in [2.24, 2.45) is 7.05 Å². The second kappa shape index (κ2) is 15.2. The van der Waals surface area contributed by atoms with E-state index >= 15 is 0 Å². The maximum Gasteiger partial charge on any atom is 0.435 e. The maximum absolute atomic E-state index is 14.6. The number of rotatable bonds is 12. The zero-order valence-electron chi connectivity index (χ0n) is 32.3. The van der Waals surface area contributed by atoms with E-state index in [4.69, 9.17) is 16.6 Å². The highest BCUT2D eigenvalue weighted by Crippen LogP contribution is 2.43. The van der Waals surface area contributed by atoms with Crippen molar-refractivity contribution in [2.45, 2.75) is 80.6 Å². The predicted octanol–water partition coefficient (Wildman–Crippen LogP) is 7.14. The van der Waals surface area contributed by atoms with Gasteiger partial charge in [0.25, 0.3) is 0 Å². The number of carbonyl (C=O) groups excluding carboxylic acids is 1. The molecule has 3 aromatic heterocycles. The average molecular weight is 876 g/mol. The number of nitrogens with zero attached hydrogens (tertiary/aromatic N) is 5. The number of hydrogen-bond donors (Lipinski definition) is 2. The first-order valence-corrected chi connectivity index (χ1v) is 22.5. The van der Waals surface area contributed by atoms with Crippen LogP contribution in [0, 0.1) is 23.5 Å². The van der Waals surface area contributed by atoms with E-state index in [1.165, 1.54) is 24.8 Å². The van der Waals surface area contributed by atoms with Gasteiger partial charge in [-0.1, -0.05) is 23.6 Å². The summed E-state index contributed by atoms with van der Waals surface area (Å²) in [6, 6.07) is 8.94. The first-order chi connectivity index (χ1) is 27.5. The Balaban J connectivity index is 1.40. The quantitative estimate of drug-likeness (QED) is 0.0772. The van der Waals surface area contributed by atoms with Crippen molar-refractivity contribution >= 4 is 59.6 Å². The summed E-state index contributed by atoms with van der Waals surface area (Å²) in [7, 11) is -4.84. The summed E-state index contributed by atoms with van der Waals surface area (Å²) in [5.41, 5.74) is 0.622. The fourth-order valence-electron chi connectivity index (χ4n) is 6.95. The van der Waals surface area contributed by atoms with E-state index in [1.807, 2.05) is 0 Å². The molecule has 1 unspecified atom stereocenters.